The number of para-hydroxylation sites is 1. The summed E-state index contributed by atoms with van der Waals surface area (Å²) in [6.45, 7) is 0.765. The van der Waals surface area contributed by atoms with Gasteiger partial charge >= 0.3 is 0 Å². The summed E-state index contributed by atoms with van der Waals surface area (Å²) in [6.07, 6.45) is 2.00. The van der Waals surface area contributed by atoms with Crippen molar-refractivity contribution in [3.05, 3.63) is 54.1 Å². The molecule has 0 aliphatic carbocycles. The van der Waals surface area contributed by atoms with Gasteiger partial charge in [0.05, 0.1) is 18.6 Å². The fraction of sp³-hybridized carbons (Fsp3) is 0.278. The van der Waals surface area contributed by atoms with E-state index in [1.54, 1.807) is 18.9 Å². The van der Waals surface area contributed by atoms with E-state index >= 15 is 0 Å². The van der Waals surface area contributed by atoms with Crippen molar-refractivity contribution in [2.45, 2.75) is 17.7 Å². The molecule has 0 saturated carbocycles. The molecule has 0 N–H and O–H groups in total. The van der Waals surface area contributed by atoms with Crippen molar-refractivity contribution in [3.8, 4) is 5.75 Å². The standard InChI is InChI=1S/C18H19NO2S/c1-21-16-11-5-7-14-8-6-12-19(18(14)16)17(20)13-22-15-9-3-2-4-10-15/h2-5,7,9-11H,6,8,12-13H2,1H3. The van der Waals surface area contributed by atoms with Crippen LogP contribution < -0.4 is 9.64 Å². The van der Waals surface area contributed by atoms with Gasteiger partial charge in [0.2, 0.25) is 5.91 Å². The van der Waals surface area contributed by atoms with E-state index in [1.165, 1.54) is 5.56 Å². The molecular weight excluding hydrogens is 294 g/mol. The van der Waals surface area contributed by atoms with E-state index in [1.807, 2.05) is 47.4 Å². The zero-order chi connectivity index (χ0) is 15.4. The van der Waals surface area contributed by atoms with E-state index in [0.717, 1.165) is 35.7 Å². The summed E-state index contributed by atoms with van der Waals surface area (Å²) in [5, 5.41) is 0. The number of carbonyl (C=O) groups excluding carboxylic acids is 1. The molecule has 1 amide bonds. The summed E-state index contributed by atoms with van der Waals surface area (Å²) >= 11 is 1.58. The molecule has 0 saturated heterocycles. The first-order valence-corrected chi connectivity index (χ1v) is 8.42. The number of fused-ring (bicyclic) bond motifs is 1. The first-order chi connectivity index (χ1) is 10.8. The molecule has 1 heterocycles. The van der Waals surface area contributed by atoms with E-state index in [0.29, 0.717) is 5.75 Å². The molecule has 3 rings (SSSR count). The van der Waals surface area contributed by atoms with Gasteiger partial charge in [0.15, 0.2) is 0 Å². The number of methoxy groups -OCH3 is 1. The Morgan fingerprint density at radius 3 is 2.77 bits per heavy atom. The van der Waals surface area contributed by atoms with Gasteiger partial charge in [0, 0.05) is 11.4 Å². The number of aryl methyl sites for hydroxylation is 1. The van der Waals surface area contributed by atoms with Crippen LogP contribution in [0.5, 0.6) is 5.75 Å². The highest BCUT2D eigenvalue weighted by atomic mass is 32.2. The number of benzene rings is 2. The Morgan fingerprint density at radius 1 is 1.18 bits per heavy atom. The average molecular weight is 313 g/mol. The zero-order valence-electron chi connectivity index (χ0n) is 12.6. The lowest BCUT2D eigenvalue weighted by Gasteiger charge is -2.30. The number of thioether (sulfide) groups is 1. The first kappa shape index (κ1) is 15.0. The van der Waals surface area contributed by atoms with Crippen molar-refractivity contribution < 1.29 is 9.53 Å². The predicted octanol–water partition coefficient (Wildman–Crippen LogP) is 3.77. The molecular formula is C18H19NO2S. The van der Waals surface area contributed by atoms with Crippen LogP contribution >= 0.6 is 11.8 Å². The zero-order valence-corrected chi connectivity index (χ0v) is 13.4. The van der Waals surface area contributed by atoms with Crippen molar-refractivity contribution in [3.63, 3.8) is 0 Å². The van der Waals surface area contributed by atoms with Gasteiger partial charge in [0.1, 0.15) is 5.75 Å². The molecule has 22 heavy (non-hydrogen) atoms. The van der Waals surface area contributed by atoms with Crippen LogP contribution in [0.3, 0.4) is 0 Å². The molecule has 0 aromatic heterocycles. The highest BCUT2D eigenvalue weighted by molar-refractivity contribution is 8.00. The topological polar surface area (TPSA) is 29.5 Å². The van der Waals surface area contributed by atoms with Gasteiger partial charge in [-0.05, 0) is 36.6 Å². The van der Waals surface area contributed by atoms with Crippen LogP contribution in [0.2, 0.25) is 0 Å². The van der Waals surface area contributed by atoms with Gasteiger partial charge in [-0.2, -0.15) is 0 Å². The molecule has 0 spiro atoms. The summed E-state index contributed by atoms with van der Waals surface area (Å²) < 4.78 is 5.46. The number of carbonyl (C=O) groups is 1. The molecule has 1 aliphatic rings. The van der Waals surface area contributed by atoms with Gasteiger partial charge in [-0.3, -0.25) is 4.79 Å². The number of hydrogen-bond acceptors (Lipinski definition) is 3. The Labute approximate surface area is 135 Å². The summed E-state index contributed by atoms with van der Waals surface area (Å²) in [5.74, 6) is 1.37. The summed E-state index contributed by atoms with van der Waals surface area (Å²) in [4.78, 5) is 15.7. The van der Waals surface area contributed by atoms with Gasteiger partial charge in [-0.25, -0.2) is 0 Å². The number of anilines is 1. The molecule has 0 atom stereocenters. The monoisotopic (exact) mass is 313 g/mol. The van der Waals surface area contributed by atoms with E-state index in [9.17, 15) is 4.79 Å². The lowest BCUT2D eigenvalue weighted by molar-refractivity contribution is -0.116. The highest BCUT2D eigenvalue weighted by Gasteiger charge is 2.25. The highest BCUT2D eigenvalue weighted by Crippen LogP contribution is 2.36. The van der Waals surface area contributed by atoms with Gasteiger partial charge in [0.25, 0.3) is 0 Å². The van der Waals surface area contributed by atoms with Gasteiger partial charge in [-0.15, -0.1) is 11.8 Å². The Hall–Kier alpha value is -1.94. The van der Waals surface area contributed by atoms with Crippen LogP contribution in [-0.2, 0) is 11.2 Å². The molecule has 0 bridgehead atoms. The predicted molar refractivity (Wildman–Crippen MR) is 90.8 cm³/mol. The molecule has 4 heteroatoms. The summed E-state index contributed by atoms with van der Waals surface area (Å²) in [7, 11) is 1.66. The fourth-order valence-corrected chi connectivity index (χ4v) is 3.56. The molecule has 0 unspecified atom stereocenters. The lowest BCUT2D eigenvalue weighted by Crippen LogP contribution is -2.37. The third kappa shape index (κ3) is 3.12. The average Bonchev–Trinajstić information content (AvgIpc) is 2.59. The van der Waals surface area contributed by atoms with Gasteiger partial charge in [-0.1, -0.05) is 30.3 Å². The first-order valence-electron chi connectivity index (χ1n) is 7.43. The summed E-state index contributed by atoms with van der Waals surface area (Å²) in [6, 6.07) is 16.0. The smallest absolute Gasteiger partial charge is 0.237 e. The van der Waals surface area contributed by atoms with Crippen molar-refractivity contribution in [1.82, 2.24) is 0 Å². The Kier molecular flexibility index (Phi) is 4.68. The number of rotatable bonds is 4. The van der Waals surface area contributed by atoms with Crippen LogP contribution in [0.25, 0.3) is 0 Å². The molecule has 2 aromatic carbocycles. The Bertz CT molecular complexity index is 643. The lowest BCUT2D eigenvalue weighted by atomic mass is 10.0. The minimum Gasteiger partial charge on any atom is -0.495 e. The molecule has 2 aromatic rings. The summed E-state index contributed by atoms with van der Waals surface area (Å²) in [5.41, 5.74) is 2.15. The van der Waals surface area contributed by atoms with E-state index in [-0.39, 0.29) is 5.91 Å². The number of amides is 1. The molecule has 0 radical (unpaired) electrons. The van der Waals surface area contributed by atoms with Crippen molar-refractivity contribution >= 4 is 23.4 Å². The second kappa shape index (κ2) is 6.88. The quantitative estimate of drug-likeness (QED) is 0.805. The normalized spacial score (nSPS) is 13.6. The maximum absolute atomic E-state index is 12.7. The fourth-order valence-electron chi connectivity index (χ4n) is 2.77. The number of nitrogens with zero attached hydrogens (tertiary/aromatic N) is 1. The van der Waals surface area contributed by atoms with E-state index in [4.69, 9.17) is 4.74 Å². The largest absolute Gasteiger partial charge is 0.495 e. The van der Waals surface area contributed by atoms with E-state index < -0.39 is 0 Å². The Morgan fingerprint density at radius 2 is 2.00 bits per heavy atom. The van der Waals surface area contributed by atoms with Crippen molar-refractivity contribution in [1.29, 1.82) is 0 Å². The van der Waals surface area contributed by atoms with Crippen LogP contribution in [0.4, 0.5) is 5.69 Å². The molecule has 3 nitrogen and oxygen atoms in total. The van der Waals surface area contributed by atoms with Crippen molar-refractivity contribution in [2.24, 2.45) is 0 Å². The molecule has 0 fully saturated rings. The van der Waals surface area contributed by atoms with Crippen LogP contribution in [-0.4, -0.2) is 25.3 Å². The second-order valence-corrected chi connectivity index (χ2v) is 6.27. The maximum Gasteiger partial charge on any atom is 0.237 e. The van der Waals surface area contributed by atoms with Crippen LogP contribution in [0.15, 0.2) is 53.4 Å². The minimum atomic E-state index is 0.138. The minimum absolute atomic E-state index is 0.138. The molecule has 1 aliphatic heterocycles. The van der Waals surface area contributed by atoms with Crippen LogP contribution in [0.1, 0.15) is 12.0 Å². The second-order valence-electron chi connectivity index (χ2n) is 5.22. The van der Waals surface area contributed by atoms with E-state index in [2.05, 4.69) is 6.07 Å². The Balaban J connectivity index is 1.77. The third-order valence-corrected chi connectivity index (χ3v) is 4.80. The molecule has 114 valence electrons. The van der Waals surface area contributed by atoms with Crippen molar-refractivity contribution in [2.75, 3.05) is 24.3 Å². The number of hydrogen-bond donors (Lipinski definition) is 0. The SMILES string of the molecule is COc1cccc2c1N(C(=O)CSc1ccccc1)CCC2. The number of ether oxygens (including phenoxy) is 1. The third-order valence-electron chi connectivity index (χ3n) is 3.81. The van der Waals surface area contributed by atoms with Crippen LogP contribution in [0, 0.1) is 0 Å². The van der Waals surface area contributed by atoms with Gasteiger partial charge < -0.3 is 9.64 Å². The maximum atomic E-state index is 12.7.